The Hall–Kier alpha value is -0.860. The standard InChI is InChI=1S/C7H12FNO/c1-5(2)6(8)7(9-3)10-4/h1-4H3. The Morgan fingerprint density at radius 1 is 1.40 bits per heavy atom. The Morgan fingerprint density at radius 3 is 2.00 bits per heavy atom. The maximum Gasteiger partial charge on any atom is 0.245 e. The second kappa shape index (κ2) is 4.04. The summed E-state index contributed by atoms with van der Waals surface area (Å²) < 4.78 is 17.5. The zero-order valence-electron chi connectivity index (χ0n) is 6.73. The summed E-state index contributed by atoms with van der Waals surface area (Å²) in [6, 6.07) is 0. The van der Waals surface area contributed by atoms with E-state index in [0.717, 1.165) is 0 Å². The summed E-state index contributed by atoms with van der Waals surface area (Å²) in [4.78, 5) is 3.59. The summed E-state index contributed by atoms with van der Waals surface area (Å²) in [7, 11) is 2.88. The van der Waals surface area contributed by atoms with E-state index in [4.69, 9.17) is 0 Å². The minimum atomic E-state index is -0.384. The Balaban J connectivity index is 4.48. The van der Waals surface area contributed by atoms with E-state index >= 15 is 0 Å². The first kappa shape index (κ1) is 9.14. The van der Waals surface area contributed by atoms with Crippen LogP contribution in [0.5, 0.6) is 0 Å². The van der Waals surface area contributed by atoms with Gasteiger partial charge in [-0.15, -0.1) is 0 Å². The molecule has 0 aliphatic carbocycles. The van der Waals surface area contributed by atoms with E-state index in [9.17, 15) is 4.39 Å². The normalized spacial score (nSPS) is 11.1. The first-order chi connectivity index (χ1) is 4.63. The summed E-state index contributed by atoms with van der Waals surface area (Å²) >= 11 is 0. The summed E-state index contributed by atoms with van der Waals surface area (Å²) in [6.45, 7) is 3.33. The van der Waals surface area contributed by atoms with Crippen molar-refractivity contribution < 1.29 is 9.13 Å². The molecule has 0 amide bonds. The predicted molar refractivity (Wildman–Crippen MR) is 39.9 cm³/mol. The van der Waals surface area contributed by atoms with Gasteiger partial charge in [0.1, 0.15) is 0 Å². The van der Waals surface area contributed by atoms with E-state index in [0.29, 0.717) is 5.57 Å². The van der Waals surface area contributed by atoms with Crippen LogP contribution in [0.3, 0.4) is 0 Å². The van der Waals surface area contributed by atoms with Crippen LogP contribution < -0.4 is 0 Å². The van der Waals surface area contributed by atoms with Crippen LogP contribution in [0.15, 0.2) is 16.4 Å². The number of aliphatic imine (C=N–C) groups is 1. The van der Waals surface area contributed by atoms with E-state index in [-0.39, 0.29) is 11.7 Å². The van der Waals surface area contributed by atoms with Gasteiger partial charge in [0.15, 0.2) is 5.83 Å². The lowest BCUT2D eigenvalue weighted by Gasteiger charge is -2.01. The highest BCUT2D eigenvalue weighted by atomic mass is 19.1. The van der Waals surface area contributed by atoms with Crippen LogP contribution >= 0.6 is 0 Å². The zero-order chi connectivity index (χ0) is 8.15. The Morgan fingerprint density at radius 2 is 1.90 bits per heavy atom. The van der Waals surface area contributed by atoms with E-state index in [1.165, 1.54) is 14.2 Å². The van der Waals surface area contributed by atoms with Crippen LogP contribution in [0.25, 0.3) is 0 Å². The molecule has 0 bridgehead atoms. The molecule has 3 heteroatoms. The van der Waals surface area contributed by atoms with Crippen molar-refractivity contribution in [3.8, 4) is 0 Å². The molecule has 10 heavy (non-hydrogen) atoms. The molecule has 0 radical (unpaired) electrons. The van der Waals surface area contributed by atoms with Gasteiger partial charge in [0.25, 0.3) is 0 Å². The fourth-order valence-electron chi connectivity index (χ4n) is 0.493. The number of halogens is 1. The lowest BCUT2D eigenvalue weighted by Crippen LogP contribution is -2.02. The highest BCUT2D eigenvalue weighted by molar-refractivity contribution is 5.91. The third-order valence-electron chi connectivity index (χ3n) is 1.02. The molecule has 0 aromatic carbocycles. The van der Waals surface area contributed by atoms with Crippen molar-refractivity contribution in [2.24, 2.45) is 4.99 Å². The molecule has 0 unspecified atom stereocenters. The van der Waals surface area contributed by atoms with Crippen molar-refractivity contribution in [1.82, 2.24) is 0 Å². The van der Waals surface area contributed by atoms with Gasteiger partial charge < -0.3 is 4.74 Å². The molecule has 2 nitrogen and oxygen atoms in total. The molecule has 0 rings (SSSR count). The first-order valence-electron chi connectivity index (χ1n) is 2.97. The van der Waals surface area contributed by atoms with Crippen molar-refractivity contribution in [2.75, 3.05) is 14.2 Å². The minimum Gasteiger partial charge on any atom is -0.479 e. The fraction of sp³-hybridized carbons (Fsp3) is 0.571. The van der Waals surface area contributed by atoms with Crippen molar-refractivity contribution in [3.05, 3.63) is 11.4 Å². The van der Waals surface area contributed by atoms with Crippen molar-refractivity contribution in [3.63, 3.8) is 0 Å². The van der Waals surface area contributed by atoms with Gasteiger partial charge in [0, 0.05) is 7.05 Å². The zero-order valence-corrected chi connectivity index (χ0v) is 6.73. The van der Waals surface area contributed by atoms with E-state index in [2.05, 4.69) is 9.73 Å². The number of methoxy groups -OCH3 is 1. The van der Waals surface area contributed by atoms with E-state index < -0.39 is 0 Å². The lowest BCUT2D eigenvalue weighted by atomic mass is 10.3. The molecule has 0 N–H and O–H groups in total. The molecule has 0 aliphatic rings. The SMILES string of the molecule is CN=C(OC)C(F)=C(C)C. The van der Waals surface area contributed by atoms with Gasteiger partial charge in [-0.25, -0.2) is 4.39 Å². The summed E-state index contributed by atoms with van der Waals surface area (Å²) in [5.41, 5.74) is 0.572. The van der Waals surface area contributed by atoms with Crippen molar-refractivity contribution in [1.29, 1.82) is 0 Å². The van der Waals surface area contributed by atoms with Crippen LogP contribution in [0.2, 0.25) is 0 Å². The molecule has 0 aromatic rings. The maximum absolute atomic E-state index is 12.8. The highest BCUT2D eigenvalue weighted by Gasteiger charge is 2.05. The van der Waals surface area contributed by atoms with Gasteiger partial charge in [0.2, 0.25) is 5.90 Å². The van der Waals surface area contributed by atoms with Gasteiger partial charge in [-0.05, 0) is 19.4 Å². The van der Waals surface area contributed by atoms with Crippen molar-refractivity contribution in [2.45, 2.75) is 13.8 Å². The van der Waals surface area contributed by atoms with Crippen LogP contribution in [0.1, 0.15) is 13.8 Å². The summed E-state index contributed by atoms with van der Waals surface area (Å²) in [5.74, 6) is -0.329. The van der Waals surface area contributed by atoms with Gasteiger partial charge in [-0.1, -0.05) is 0 Å². The monoisotopic (exact) mass is 145 g/mol. The van der Waals surface area contributed by atoms with Crippen molar-refractivity contribution >= 4 is 5.90 Å². The molecule has 0 aliphatic heterocycles. The quantitative estimate of drug-likeness (QED) is 0.408. The third kappa shape index (κ3) is 2.17. The van der Waals surface area contributed by atoms with E-state index in [1.807, 2.05) is 0 Å². The molecule has 0 fully saturated rings. The number of ether oxygens (including phenoxy) is 1. The maximum atomic E-state index is 12.8. The largest absolute Gasteiger partial charge is 0.479 e. The summed E-state index contributed by atoms with van der Waals surface area (Å²) in [6.07, 6.45) is 0. The number of allylic oxidation sites excluding steroid dienone is 1. The number of hydrogen-bond acceptors (Lipinski definition) is 2. The second-order valence-corrected chi connectivity index (χ2v) is 2.05. The molecule has 0 spiro atoms. The number of nitrogens with zero attached hydrogens (tertiary/aromatic N) is 1. The number of rotatable bonds is 1. The molecule has 0 saturated heterocycles. The fourth-order valence-corrected chi connectivity index (χ4v) is 0.493. The molecule has 58 valence electrons. The van der Waals surface area contributed by atoms with E-state index in [1.54, 1.807) is 13.8 Å². The Kier molecular flexibility index (Phi) is 3.69. The van der Waals surface area contributed by atoms with Crippen LogP contribution in [0.4, 0.5) is 4.39 Å². The molecular formula is C7H12FNO. The van der Waals surface area contributed by atoms with Gasteiger partial charge >= 0.3 is 0 Å². The number of hydrogen-bond donors (Lipinski definition) is 0. The highest BCUT2D eigenvalue weighted by Crippen LogP contribution is 2.07. The smallest absolute Gasteiger partial charge is 0.245 e. The Labute approximate surface area is 60.4 Å². The summed E-state index contributed by atoms with van der Waals surface area (Å²) in [5, 5.41) is 0. The molecule has 0 atom stereocenters. The van der Waals surface area contributed by atoms with Gasteiger partial charge in [-0.2, -0.15) is 0 Å². The third-order valence-corrected chi connectivity index (χ3v) is 1.02. The van der Waals surface area contributed by atoms with Gasteiger partial charge in [0.05, 0.1) is 7.11 Å². The average molecular weight is 145 g/mol. The average Bonchev–Trinajstić information content (AvgIpc) is 1.90. The predicted octanol–water partition coefficient (Wildman–Crippen LogP) is 1.92. The topological polar surface area (TPSA) is 21.6 Å². The van der Waals surface area contributed by atoms with Crippen LogP contribution in [0, 0.1) is 0 Å². The molecule has 0 aromatic heterocycles. The molecule has 0 heterocycles. The second-order valence-electron chi connectivity index (χ2n) is 2.05. The van der Waals surface area contributed by atoms with Crippen LogP contribution in [-0.2, 0) is 4.74 Å². The van der Waals surface area contributed by atoms with Gasteiger partial charge in [-0.3, -0.25) is 4.99 Å². The first-order valence-corrected chi connectivity index (χ1v) is 2.97. The minimum absolute atomic E-state index is 0.0556. The van der Waals surface area contributed by atoms with Crippen LogP contribution in [-0.4, -0.2) is 20.1 Å². The molecule has 0 saturated carbocycles. The Bertz CT molecular complexity index is 168. The lowest BCUT2D eigenvalue weighted by molar-refractivity contribution is 0.388. The molecular weight excluding hydrogens is 133 g/mol.